The molecule has 2 aromatic carbocycles. The summed E-state index contributed by atoms with van der Waals surface area (Å²) in [6.07, 6.45) is 1.92. The van der Waals surface area contributed by atoms with Gasteiger partial charge in [0, 0.05) is 29.4 Å². The minimum absolute atomic E-state index is 0.0413. The molecule has 0 bridgehead atoms. The summed E-state index contributed by atoms with van der Waals surface area (Å²) in [6, 6.07) is 14.0. The van der Waals surface area contributed by atoms with Gasteiger partial charge in [0.2, 0.25) is 0 Å². The molecule has 1 aromatic heterocycles. The summed E-state index contributed by atoms with van der Waals surface area (Å²) >= 11 is 1.26. The number of nitrogens with one attached hydrogen (secondary N) is 2. The molecule has 33 heavy (non-hydrogen) atoms. The maximum absolute atomic E-state index is 14.0. The van der Waals surface area contributed by atoms with Crippen LogP contribution in [0.3, 0.4) is 0 Å². The van der Waals surface area contributed by atoms with Crippen LogP contribution < -0.4 is 15.6 Å². The van der Waals surface area contributed by atoms with Gasteiger partial charge in [0.15, 0.2) is 10.9 Å². The lowest BCUT2D eigenvalue weighted by molar-refractivity contribution is -0.116. The van der Waals surface area contributed by atoms with Crippen LogP contribution in [-0.4, -0.2) is 22.9 Å². The Kier molecular flexibility index (Phi) is 5.76. The fourth-order valence-electron chi connectivity index (χ4n) is 4.42. The maximum atomic E-state index is 14.0. The van der Waals surface area contributed by atoms with Crippen molar-refractivity contribution < 1.29 is 13.9 Å². The number of carbonyl (C=O) groups is 1. The van der Waals surface area contributed by atoms with E-state index in [-0.39, 0.29) is 17.2 Å². The van der Waals surface area contributed by atoms with Gasteiger partial charge in [0.05, 0.1) is 12.7 Å². The van der Waals surface area contributed by atoms with Crippen LogP contribution in [0, 0.1) is 5.82 Å². The first-order valence-corrected chi connectivity index (χ1v) is 11.7. The zero-order valence-corrected chi connectivity index (χ0v) is 18.8. The molecule has 3 aromatic rings. The van der Waals surface area contributed by atoms with Gasteiger partial charge in [-0.05, 0) is 42.2 Å². The number of fused-ring (bicyclic) bond motifs is 1. The van der Waals surface area contributed by atoms with Crippen molar-refractivity contribution in [2.45, 2.75) is 36.1 Å². The lowest BCUT2D eigenvalue weighted by atomic mass is 9.76. The van der Waals surface area contributed by atoms with Crippen molar-refractivity contribution >= 4 is 23.4 Å². The Morgan fingerprint density at radius 1 is 1.15 bits per heavy atom. The van der Waals surface area contributed by atoms with Crippen LogP contribution >= 0.6 is 11.8 Å². The normalized spacial score (nSPS) is 17.3. The topological polar surface area (TPSA) is 84.1 Å². The Morgan fingerprint density at radius 3 is 2.82 bits per heavy atom. The number of aromatic amines is 1. The first-order chi connectivity index (χ1) is 16.0. The molecule has 2 N–H and O–H groups in total. The van der Waals surface area contributed by atoms with Gasteiger partial charge in [-0.3, -0.25) is 9.59 Å². The van der Waals surface area contributed by atoms with Gasteiger partial charge in [-0.2, -0.15) is 0 Å². The third kappa shape index (κ3) is 4.06. The van der Waals surface area contributed by atoms with Crippen LogP contribution in [0.2, 0.25) is 0 Å². The lowest BCUT2D eigenvalue weighted by Gasteiger charge is -2.32. The second kappa shape index (κ2) is 8.86. The van der Waals surface area contributed by atoms with Crippen LogP contribution in [0.5, 0.6) is 5.75 Å². The molecule has 1 aliphatic carbocycles. The van der Waals surface area contributed by atoms with E-state index in [0.717, 1.165) is 17.7 Å². The Bertz CT molecular complexity index is 1330. The second-order valence-electron chi connectivity index (χ2n) is 8.02. The largest absolute Gasteiger partial charge is 0.497 e. The van der Waals surface area contributed by atoms with E-state index in [9.17, 15) is 14.0 Å². The minimum Gasteiger partial charge on any atom is -0.497 e. The molecular formula is C25H22FN3O3S. The highest BCUT2D eigenvalue weighted by atomic mass is 32.2. The number of aromatic nitrogens is 2. The third-order valence-corrected chi connectivity index (χ3v) is 6.91. The van der Waals surface area contributed by atoms with E-state index in [1.54, 1.807) is 25.3 Å². The molecule has 2 heterocycles. The monoisotopic (exact) mass is 463 g/mol. The number of thioether (sulfide) groups is 1. The molecule has 168 valence electrons. The molecule has 6 nitrogen and oxygen atoms in total. The minimum atomic E-state index is -0.527. The number of Topliss-reactive ketones (excluding diaryl/α,β-unsaturated/α-hetero) is 1. The molecule has 1 atom stereocenters. The number of carbonyl (C=O) groups excluding carboxylic acids is 1. The van der Waals surface area contributed by atoms with Crippen molar-refractivity contribution in [3.8, 4) is 5.75 Å². The number of H-pyrrole nitrogens is 1. The van der Waals surface area contributed by atoms with Crippen molar-refractivity contribution in [1.29, 1.82) is 0 Å². The maximum Gasteiger partial charge on any atom is 0.257 e. The van der Waals surface area contributed by atoms with Crippen molar-refractivity contribution in [2.75, 3.05) is 12.4 Å². The Labute approximate surface area is 194 Å². The van der Waals surface area contributed by atoms with Crippen molar-refractivity contribution in [1.82, 2.24) is 9.97 Å². The molecule has 1 aliphatic heterocycles. The summed E-state index contributed by atoms with van der Waals surface area (Å²) in [6.45, 7) is 0. The molecule has 2 aliphatic rings. The fourth-order valence-corrected chi connectivity index (χ4v) is 5.27. The zero-order chi connectivity index (χ0) is 22.9. The van der Waals surface area contributed by atoms with Crippen molar-refractivity contribution in [3.05, 3.63) is 92.7 Å². The number of methoxy groups -OCH3 is 1. The average Bonchev–Trinajstić information content (AvgIpc) is 2.82. The van der Waals surface area contributed by atoms with Gasteiger partial charge >= 0.3 is 0 Å². The second-order valence-corrected chi connectivity index (χ2v) is 8.98. The lowest BCUT2D eigenvalue weighted by Crippen LogP contribution is -2.32. The first kappa shape index (κ1) is 21.5. The number of nitrogens with zero attached hydrogens (tertiary/aromatic N) is 1. The Balaban J connectivity index is 1.57. The fraction of sp³-hybridized carbons (Fsp3) is 0.240. The van der Waals surface area contributed by atoms with E-state index in [1.807, 2.05) is 24.3 Å². The SMILES string of the molecule is COc1cccc([C@H]2C3=C(CCCC3=O)Nc3nc(SCc4ccccc4F)[nH]c(=O)c32)c1. The molecule has 0 saturated heterocycles. The number of ketones is 1. The van der Waals surface area contributed by atoms with Gasteiger partial charge in [0.1, 0.15) is 17.4 Å². The molecule has 0 radical (unpaired) electrons. The molecule has 0 spiro atoms. The summed E-state index contributed by atoms with van der Waals surface area (Å²) in [5.74, 6) is 0.647. The molecular weight excluding hydrogens is 441 g/mol. The van der Waals surface area contributed by atoms with E-state index >= 15 is 0 Å². The van der Waals surface area contributed by atoms with Crippen molar-refractivity contribution in [3.63, 3.8) is 0 Å². The number of benzene rings is 2. The highest BCUT2D eigenvalue weighted by Gasteiger charge is 2.38. The van der Waals surface area contributed by atoms with E-state index < -0.39 is 5.92 Å². The van der Waals surface area contributed by atoms with E-state index in [4.69, 9.17) is 4.74 Å². The van der Waals surface area contributed by atoms with Gasteiger partial charge in [-0.15, -0.1) is 0 Å². The van der Waals surface area contributed by atoms with Crippen LogP contribution in [-0.2, 0) is 10.5 Å². The molecule has 5 rings (SSSR count). The van der Waals surface area contributed by atoms with E-state index in [2.05, 4.69) is 15.3 Å². The predicted octanol–water partition coefficient (Wildman–Crippen LogP) is 4.77. The molecule has 8 heteroatoms. The number of rotatable bonds is 5. The quantitative estimate of drug-likeness (QED) is 0.419. The van der Waals surface area contributed by atoms with Gasteiger partial charge < -0.3 is 15.0 Å². The summed E-state index contributed by atoms with van der Waals surface area (Å²) < 4.78 is 19.4. The predicted molar refractivity (Wildman–Crippen MR) is 125 cm³/mol. The highest BCUT2D eigenvalue weighted by molar-refractivity contribution is 7.98. The standard InChI is InChI=1S/C25H22FN3O3S/c1-32-16-8-4-7-14(12-16)20-21-18(10-5-11-19(21)30)27-23-22(20)24(31)29-25(28-23)33-13-15-6-2-3-9-17(15)26/h2-4,6-9,12,20H,5,10-11,13H2,1H3,(H2,27,28,29,31)/t20-/m0/s1. The molecule has 0 unspecified atom stereocenters. The highest BCUT2D eigenvalue weighted by Crippen LogP contribution is 2.44. The summed E-state index contributed by atoms with van der Waals surface area (Å²) in [4.78, 5) is 33.7. The van der Waals surface area contributed by atoms with E-state index in [1.165, 1.54) is 17.8 Å². The van der Waals surface area contributed by atoms with Crippen LogP contribution in [0.15, 0.2) is 69.8 Å². The summed E-state index contributed by atoms with van der Waals surface area (Å²) in [5.41, 5.74) is 2.87. The first-order valence-electron chi connectivity index (χ1n) is 10.7. The van der Waals surface area contributed by atoms with E-state index in [0.29, 0.717) is 52.0 Å². The van der Waals surface area contributed by atoms with Crippen LogP contribution in [0.4, 0.5) is 10.2 Å². The number of hydrogen-bond acceptors (Lipinski definition) is 6. The molecule has 0 saturated carbocycles. The number of hydrogen-bond donors (Lipinski definition) is 2. The smallest absolute Gasteiger partial charge is 0.257 e. The van der Waals surface area contributed by atoms with Gasteiger partial charge in [-0.1, -0.05) is 42.1 Å². The van der Waals surface area contributed by atoms with Crippen molar-refractivity contribution in [2.24, 2.45) is 0 Å². The Hall–Kier alpha value is -3.39. The summed E-state index contributed by atoms with van der Waals surface area (Å²) in [7, 11) is 1.58. The van der Waals surface area contributed by atoms with Gasteiger partial charge in [-0.25, -0.2) is 9.37 Å². The zero-order valence-electron chi connectivity index (χ0n) is 18.0. The van der Waals surface area contributed by atoms with Crippen LogP contribution in [0.1, 0.15) is 41.9 Å². The molecule has 0 amide bonds. The number of allylic oxidation sites excluding steroid dienone is 2. The average molecular weight is 464 g/mol. The number of halogens is 1. The van der Waals surface area contributed by atoms with Crippen LogP contribution in [0.25, 0.3) is 0 Å². The molecule has 0 fully saturated rings. The van der Waals surface area contributed by atoms with Gasteiger partial charge in [0.25, 0.3) is 5.56 Å². The Morgan fingerprint density at radius 2 is 2.00 bits per heavy atom. The number of anilines is 1. The summed E-state index contributed by atoms with van der Waals surface area (Å²) in [5, 5.41) is 3.65. The number of ether oxygens (including phenoxy) is 1. The third-order valence-electron chi connectivity index (χ3n) is 5.99.